The van der Waals surface area contributed by atoms with Crippen LogP contribution in [0.5, 0.6) is 0 Å². The smallest absolute Gasteiger partial charge is 0.280 e. The van der Waals surface area contributed by atoms with Gasteiger partial charge in [0, 0.05) is 14.0 Å². The number of ether oxygens (including phenoxy) is 4. The fraction of sp³-hybridized carbons (Fsp3) is 0.778. The van der Waals surface area contributed by atoms with E-state index in [9.17, 15) is 0 Å². The molecule has 1 fully saturated rings. The molecule has 1 aliphatic heterocycles. The molecule has 76 valence electrons. The zero-order chi connectivity index (χ0) is 9.73. The van der Waals surface area contributed by atoms with Crippen LogP contribution in [0.15, 0.2) is 12.7 Å². The van der Waals surface area contributed by atoms with Crippen molar-refractivity contribution in [1.82, 2.24) is 0 Å². The molecule has 0 aromatic heterocycles. The van der Waals surface area contributed by atoms with Gasteiger partial charge in [-0.25, -0.2) is 0 Å². The van der Waals surface area contributed by atoms with Gasteiger partial charge in [0.1, 0.15) is 6.10 Å². The van der Waals surface area contributed by atoms with E-state index in [4.69, 9.17) is 18.9 Å². The van der Waals surface area contributed by atoms with Gasteiger partial charge in [0.15, 0.2) is 0 Å². The van der Waals surface area contributed by atoms with Crippen LogP contribution in [0.2, 0.25) is 0 Å². The Morgan fingerprint density at radius 1 is 1.69 bits per heavy atom. The van der Waals surface area contributed by atoms with Crippen LogP contribution in [-0.2, 0) is 18.9 Å². The molecule has 1 saturated heterocycles. The summed E-state index contributed by atoms with van der Waals surface area (Å²) in [5, 5.41) is 0. The first-order valence-corrected chi connectivity index (χ1v) is 4.26. The summed E-state index contributed by atoms with van der Waals surface area (Å²) in [6, 6.07) is 0. The third-order valence-corrected chi connectivity index (χ3v) is 1.82. The van der Waals surface area contributed by atoms with E-state index in [1.807, 2.05) is 0 Å². The van der Waals surface area contributed by atoms with Crippen molar-refractivity contribution < 1.29 is 18.9 Å². The lowest BCUT2D eigenvalue weighted by Crippen LogP contribution is -2.29. The van der Waals surface area contributed by atoms with E-state index in [1.54, 1.807) is 20.1 Å². The molecule has 0 bridgehead atoms. The first kappa shape index (κ1) is 10.7. The second kappa shape index (κ2) is 4.72. The molecule has 0 aromatic rings. The van der Waals surface area contributed by atoms with Crippen LogP contribution in [0.4, 0.5) is 0 Å². The van der Waals surface area contributed by atoms with Gasteiger partial charge in [-0.1, -0.05) is 6.08 Å². The molecule has 13 heavy (non-hydrogen) atoms. The quantitative estimate of drug-likeness (QED) is 0.475. The number of methoxy groups -OCH3 is 1. The lowest BCUT2D eigenvalue weighted by atomic mass is 10.4. The highest BCUT2D eigenvalue weighted by Gasteiger charge is 2.37. The van der Waals surface area contributed by atoms with Crippen LogP contribution in [0.25, 0.3) is 0 Å². The molecule has 0 aromatic carbocycles. The SMILES string of the molecule is C=CCOCC1COC(C)(OC)O1. The van der Waals surface area contributed by atoms with Gasteiger partial charge in [-0.15, -0.1) is 6.58 Å². The van der Waals surface area contributed by atoms with E-state index in [2.05, 4.69) is 6.58 Å². The standard InChI is InChI=1S/C9H16O4/c1-4-5-11-6-8-7-12-9(2,10-3)13-8/h4,8H,1,5-7H2,2-3H3. The van der Waals surface area contributed by atoms with Crippen LogP contribution in [0.1, 0.15) is 6.92 Å². The molecule has 0 amide bonds. The van der Waals surface area contributed by atoms with Crippen molar-refractivity contribution in [2.24, 2.45) is 0 Å². The van der Waals surface area contributed by atoms with Crippen LogP contribution < -0.4 is 0 Å². The van der Waals surface area contributed by atoms with E-state index in [1.165, 1.54) is 0 Å². The fourth-order valence-corrected chi connectivity index (χ4v) is 1.09. The van der Waals surface area contributed by atoms with Crippen LogP contribution in [-0.4, -0.2) is 39.0 Å². The summed E-state index contributed by atoms with van der Waals surface area (Å²) in [5.74, 6) is -0.901. The van der Waals surface area contributed by atoms with E-state index in [0.717, 1.165) is 0 Å². The number of hydrogen-bond donors (Lipinski definition) is 0. The molecule has 0 saturated carbocycles. The van der Waals surface area contributed by atoms with E-state index >= 15 is 0 Å². The van der Waals surface area contributed by atoms with Crippen LogP contribution >= 0.6 is 0 Å². The molecule has 0 N–H and O–H groups in total. The maximum absolute atomic E-state index is 5.44. The number of hydrogen-bond acceptors (Lipinski definition) is 4. The Bertz CT molecular complexity index is 171. The summed E-state index contributed by atoms with van der Waals surface area (Å²) < 4.78 is 21.0. The average Bonchev–Trinajstić information content (AvgIpc) is 2.50. The van der Waals surface area contributed by atoms with Gasteiger partial charge < -0.3 is 18.9 Å². The van der Waals surface area contributed by atoms with E-state index in [0.29, 0.717) is 19.8 Å². The summed E-state index contributed by atoms with van der Waals surface area (Å²) in [6.07, 6.45) is 1.65. The van der Waals surface area contributed by atoms with Gasteiger partial charge in [0.05, 0.1) is 19.8 Å². The Morgan fingerprint density at radius 2 is 2.46 bits per heavy atom. The normalized spacial score (nSPS) is 33.5. The molecule has 1 heterocycles. The Hall–Kier alpha value is -0.420. The van der Waals surface area contributed by atoms with Crippen molar-refractivity contribution in [2.45, 2.75) is 19.0 Å². The molecular weight excluding hydrogens is 172 g/mol. The molecule has 2 atom stereocenters. The molecule has 0 radical (unpaired) electrons. The van der Waals surface area contributed by atoms with E-state index in [-0.39, 0.29) is 6.10 Å². The monoisotopic (exact) mass is 188 g/mol. The second-order valence-corrected chi connectivity index (χ2v) is 2.94. The molecule has 1 aliphatic rings. The Labute approximate surface area is 78.4 Å². The Kier molecular flexibility index (Phi) is 3.87. The Morgan fingerprint density at radius 3 is 3.00 bits per heavy atom. The van der Waals surface area contributed by atoms with Crippen molar-refractivity contribution >= 4 is 0 Å². The van der Waals surface area contributed by atoms with Crippen molar-refractivity contribution in [2.75, 3.05) is 26.9 Å². The predicted octanol–water partition coefficient (Wildman–Crippen LogP) is 0.925. The van der Waals surface area contributed by atoms with Crippen molar-refractivity contribution in [1.29, 1.82) is 0 Å². The summed E-state index contributed by atoms with van der Waals surface area (Å²) in [6.45, 7) is 6.82. The Balaban J connectivity index is 2.21. The summed E-state index contributed by atoms with van der Waals surface area (Å²) in [4.78, 5) is 0. The molecule has 1 rings (SSSR count). The highest BCUT2D eigenvalue weighted by Crippen LogP contribution is 2.23. The zero-order valence-corrected chi connectivity index (χ0v) is 8.12. The maximum atomic E-state index is 5.44. The molecular formula is C9H16O4. The molecule has 4 nitrogen and oxygen atoms in total. The van der Waals surface area contributed by atoms with Gasteiger partial charge in [-0.05, 0) is 0 Å². The summed E-state index contributed by atoms with van der Waals surface area (Å²) in [5.41, 5.74) is 0. The van der Waals surface area contributed by atoms with Gasteiger partial charge >= 0.3 is 0 Å². The summed E-state index contributed by atoms with van der Waals surface area (Å²) >= 11 is 0. The van der Waals surface area contributed by atoms with Gasteiger partial charge in [0.2, 0.25) is 0 Å². The molecule has 0 spiro atoms. The van der Waals surface area contributed by atoms with Gasteiger partial charge in [-0.3, -0.25) is 0 Å². The lowest BCUT2D eigenvalue weighted by molar-refractivity contribution is -0.314. The maximum Gasteiger partial charge on any atom is 0.280 e. The molecule has 0 aliphatic carbocycles. The largest absolute Gasteiger partial charge is 0.375 e. The first-order chi connectivity index (χ1) is 6.20. The summed E-state index contributed by atoms with van der Waals surface area (Å²) in [7, 11) is 1.55. The van der Waals surface area contributed by atoms with Crippen molar-refractivity contribution in [3.05, 3.63) is 12.7 Å². The fourth-order valence-electron chi connectivity index (χ4n) is 1.09. The third-order valence-electron chi connectivity index (χ3n) is 1.82. The lowest BCUT2D eigenvalue weighted by Gasteiger charge is -2.20. The van der Waals surface area contributed by atoms with Gasteiger partial charge in [0.25, 0.3) is 5.97 Å². The minimum atomic E-state index is -0.901. The van der Waals surface area contributed by atoms with Gasteiger partial charge in [-0.2, -0.15) is 0 Å². The average molecular weight is 188 g/mol. The highest BCUT2D eigenvalue weighted by atomic mass is 16.9. The third kappa shape index (κ3) is 3.08. The van der Waals surface area contributed by atoms with Crippen molar-refractivity contribution in [3.8, 4) is 0 Å². The second-order valence-electron chi connectivity index (χ2n) is 2.94. The molecule has 2 unspecified atom stereocenters. The topological polar surface area (TPSA) is 36.9 Å². The highest BCUT2D eigenvalue weighted by molar-refractivity contribution is 4.69. The minimum absolute atomic E-state index is 0.0510. The van der Waals surface area contributed by atoms with Crippen molar-refractivity contribution in [3.63, 3.8) is 0 Å². The van der Waals surface area contributed by atoms with Crippen LogP contribution in [0.3, 0.4) is 0 Å². The predicted molar refractivity (Wildman–Crippen MR) is 47.3 cm³/mol. The van der Waals surface area contributed by atoms with Crippen LogP contribution in [0, 0.1) is 0 Å². The minimum Gasteiger partial charge on any atom is -0.375 e. The van der Waals surface area contributed by atoms with E-state index < -0.39 is 5.97 Å². The molecule has 4 heteroatoms. The number of rotatable bonds is 5. The zero-order valence-electron chi connectivity index (χ0n) is 8.12. The first-order valence-electron chi connectivity index (χ1n) is 4.26.